The van der Waals surface area contributed by atoms with E-state index >= 15 is 0 Å². The van der Waals surface area contributed by atoms with Gasteiger partial charge in [0.25, 0.3) is 0 Å². The van der Waals surface area contributed by atoms with Gasteiger partial charge in [0.1, 0.15) is 42.0 Å². The topological polar surface area (TPSA) is 66.2 Å². The lowest BCUT2D eigenvalue weighted by molar-refractivity contribution is -0.0298. The lowest BCUT2D eigenvalue weighted by atomic mass is 10.1. The van der Waals surface area contributed by atoms with E-state index < -0.39 is 25.7 Å². The van der Waals surface area contributed by atoms with E-state index in [0.717, 1.165) is 34.6 Å². The largest absolute Gasteiger partial charge is 0.582 e. The van der Waals surface area contributed by atoms with Crippen LogP contribution in [0.1, 0.15) is 24.6 Å². The zero-order valence-corrected chi connectivity index (χ0v) is 15.3. The molecule has 4 heterocycles. The van der Waals surface area contributed by atoms with Crippen molar-refractivity contribution in [1.29, 1.82) is 0 Å². The van der Waals surface area contributed by atoms with Crippen LogP contribution in [0.5, 0.6) is 0 Å². The third kappa shape index (κ3) is 3.08. The number of halogens is 1. The molecule has 4 rings (SSSR count). The molecular formula is C14H16FN3O3PS2+. The summed E-state index contributed by atoms with van der Waals surface area (Å²) in [6.45, 7) is 0.0672. The van der Waals surface area contributed by atoms with Crippen LogP contribution in [0.25, 0.3) is 11.0 Å². The molecule has 0 spiro atoms. The minimum Gasteiger partial charge on any atom is -0.349 e. The Labute approximate surface area is 148 Å². The normalized spacial score (nSPS) is 27.4. The molecule has 0 amide bonds. The predicted molar refractivity (Wildman–Crippen MR) is 92.5 cm³/mol. The van der Waals surface area contributed by atoms with Crippen LogP contribution < -0.4 is 0 Å². The number of thioether (sulfide) groups is 1. The van der Waals surface area contributed by atoms with Crippen LogP contribution in [0.2, 0.25) is 0 Å². The van der Waals surface area contributed by atoms with Gasteiger partial charge >= 0.3 is 7.23 Å². The second-order valence-corrected chi connectivity index (χ2v) is 8.62. The summed E-state index contributed by atoms with van der Waals surface area (Å²) in [6, 6.07) is 0. The highest BCUT2D eigenvalue weighted by molar-refractivity contribution is 8.39. The molecule has 2 aromatic rings. The average molecular weight is 388 g/mol. The Morgan fingerprint density at radius 3 is 3.25 bits per heavy atom. The van der Waals surface area contributed by atoms with Crippen molar-refractivity contribution in [2.24, 2.45) is 0 Å². The number of rotatable bonds is 4. The van der Waals surface area contributed by atoms with E-state index in [1.54, 1.807) is 16.3 Å². The SMILES string of the molecule is O=[P+](S)OC[C@@H]1C[C@@H](F)[C@H](n2cc3c4c(ncnc42)SCCC3)O1. The van der Waals surface area contributed by atoms with E-state index in [0.29, 0.717) is 5.65 Å². The summed E-state index contributed by atoms with van der Waals surface area (Å²) >= 11 is 5.40. The van der Waals surface area contributed by atoms with E-state index in [2.05, 4.69) is 22.2 Å². The molecule has 6 nitrogen and oxygen atoms in total. The van der Waals surface area contributed by atoms with Gasteiger partial charge in [0.05, 0.1) is 11.5 Å². The minimum absolute atomic E-state index is 0.0672. The standard InChI is InChI=1S/C14H15FN3O3PS2/c15-10-4-9(6-20-22(19)23)21-14(10)18-5-8-2-1-3-24-13-11(8)12(18)16-7-17-13/h5,7,9-10,14H,1-4,6H2/p+1/t9-,10+,14+/m0/s1. The first-order valence-corrected chi connectivity index (χ1v) is 11.0. The molecule has 1 saturated heterocycles. The molecule has 0 radical (unpaired) electrons. The predicted octanol–water partition coefficient (Wildman–Crippen LogP) is 3.70. The number of aromatic nitrogens is 3. The zero-order chi connectivity index (χ0) is 16.7. The van der Waals surface area contributed by atoms with Crippen molar-refractivity contribution in [1.82, 2.24) is 14.5 Å². The van der Waals surface area contributed by atoms with Crippen LogP contribution >= 0.6 is 31.2 Å². The van der Waals surface area contributed by atoms with E-state index in [-0.39, 0.29) is 13.0 Å². The van der Waals surface area contributed by atoms with Gasteiger partial charge in [-0.25, -0.2) is 14.4 Å². The quantitative estimate of drug-likeness (QED) is 0.489. The number of hydrogen-bond acceptors (Lipinski definition) is 6. The van der Waals surface area contributed by atoms with Gasteiger partial charge in [-0.05, 0) is 28.7 Å². The first-order chi connectivity index (χ1) is 11.6. The maximum atomic E-state index is 14.5. The molecule has 0 bridgehead atoms. The van der Waals surface area contributed by atoms with Gasteiger partial charge in [0.15, 0.2) is 6.23 Å². The summed E-state index contributed by atoms with van der Waals surface area (Å²) < 4.78 is 38.0. The molecule has 0 aromatic carbocycles. The Morgan fingerprint density at radius 1 is 1.54 bits per heavy atom. The van der Waals surface area contributed by atoms with Crippen LogP contribution in [0.4, 0.5) is 4.39 Å². The molecule has 4 atom stereocenters. The van der Waals surface area contributed by atoms with Gasteiger partial charge in [0.2, 0.25) is 0 Å². The number of nitrogens with zero attached hydrogens (tertiary/aromatic N) is 3. The number of alkyl halides is 1. The first-order valence-electron chi connectivity index (χ1n) is 7.69. The van der Waals surface area contributed by atoms with E-state index in [4.69, 9.17) is 9.26 Å². The summed E-state index contributed by atoms with van der Waals surface area (Å²) in [5.74, 6) is 1.02. The van der Waals surface area contributed by atoms with Gasteiger partial charge in [-0.2, -0.15) is 0 Å². The fourth-order valence-corrected chi connectivity index (χ4v) is 4.72. The molecule has 1 fully saturated rings. The first kappa shape index (κ1) is 16.7. The van der Waals surface area contributed by atoms with Crippen molar-refractivity contribution < 1.29 is 18.2 Å². The Balaban J connectivity index is 1.66. The van der Waals surface area contributed by atoms with Crippen molar-refractivity contribution in [3.63, 3.8) is 0 Å². The second kappa shape index (κ2) is 6.88. The minimum atomic E-state index is -2.01. The highest BCUT2D eigenvalue weighted by Crippen LogP contribution is 2.39. The van der Waals surface area contributed by atoms with Gasteiger partial charge in [-0.15, -0.1) is 16.3 Å². The van der Waals surface area contributed by atoms with Gasteiger partial charge in [0, 0.05) is 12.6 Å². The number of thiol groups is 1. The monoisotopic (exact) mass is 388 g/mol. The molecule has 2 aromatic heterocycles. The summed E-state index contributed by atoms with van der Waals surface area (Å²) in [5, 5.41) is 1.96. The molecule has 0 saturated carbocycles. The van der Waals surface area contributed by atoms with Crippen molar-refractivity contribution in [3.8, 4) is 0 Å². The summed E-state index contributed by atoms with van der Waals surface area (Å²) in [7, 11) is -2.01. The highest BCUT2D eigenvalue weighted by Gasteiger charge is 2.39. The van der Waals surface area contributed by atoms with Gasteiger partial charge in [-0.1, -0.05) is 0 Å². The smallest absolute Gasteiger partial charge is 0.349 e. The molecule has 128 valence electrons. The lowest BCUT2D eigenvalue weighted by Gasteiger charge is -2.16. The zero-order valence-electron chi connectivity index (χ0n) is 12.7. The fraction of sp³-hybridized carbons (Fsp3) is 0.571. The summed E-state index contributed by atoms with van der Waals surface area (Å²) in [4.78, 5) is 8.73. The molecular weight excluding hydrogens is 372 g/mol. The second-order valence-electron chi connectivity index (χ2n) is 5.83. The van der Waals surface area contributed by atoms with E-state index in [1.807, 2.05) is 6.20 Å². The molecule has 10 heteroatoms. The lowest BCUT2D eigenvalue weighted by Crippen LogP contribution is -2.17. The molecule has 1 unspecified atom stereocenters. The maximum absolute atomic E-state index is 14.5. The summed E-state index contributed by atoms with van der Waals surface area (Å²) in [5.41, 5.74) is 1.85. The van der Waals surface area contributed by atoms with Gasteiger partial charge in [-0.3, -0.25) is 0 Å². The molecule has 0 aliphatic carbocycles. The molecule has 0 N–H and O–H groups in total. The summed E-state index contributed by atoms with van der Waals surface area (Å²) in [6.07, 6.45) is 3.26. The van der Waals surface area contributed by atoms with Crippen molar-refractivity contribution in [3.05, 3.63) is 18.1 Å². The van der Waals surface area contributed by atoms with E-state index in [9.17, 15) is 8.96 Å². The molecule has 2 aliphatic rings. The van der Waals surface area contributed by atoms with Crippen molar-refractivity contribution in [2.45, 2.75) is 42.8 Å². The number of ether oxygens (including phenoxy) is 1. The van der Waals surface area contributed by atoms with Crippen LogP contribution in [0.15, 0.2) is 17.6 Å². The Kier molecular flexibility index (Phi) is 4.79. The Hall–Kier alpha value is -0.730. The van der Waals surface area contributed by atoms with Crippen molar-refractivity contribution in [2.75, 3.05) is 12.4 Å². The van der Waals surface area contributed by atoms with Crippen LogP contribution in [0, 0.1) is 0 Å². The number of aryl methyl sites for hydroxylation is 1. The number of hydrogen-bond donors (Lipinski definition) is 1. The van der Waals surface area contributed by atoms with Crippen LogP contribution in [0.3, 0.4) is 0 Å². The van der Waals surface area contributed by atoms with Crippen molar-refractivity contribution >= 4 is 42.3 Å². The molecule has 24 heavy (non-hydrogen) atoms. The third-order valence-corrected chi connectivity index (χ3v) is 6.05. The average Bonchev–Trinajstić information content (AvgIpc) is 3.02. The Bertz CT molecular complexity index is 790. The fourth-order valence-electron chi connectivity index (χ4n) is 3.26. The van der Waals surface area contributed by atoms with E-state index in [1.165, 1.54) is 6.33 Å². The van der Waals surface area contributed by atoms with Gasteiger partial charge < -0.3 is 9.30 Å². The third-order valence-electron chi connectivity index (χ3n) is 4.26. The maximum Gasteiger partial charge on any atom is 0.582 e. The van der Waals surface area contributed by atoms with Crippen LogP contribution in [-0.4, -0.2) is 39.2 Å². The Morgan fingerprint density at radius 2 is 2.42 bits per heavy atom. The van der Waals surface area contributed by atoms with Crippen LogP contribution in [-0.2, 0) is 20.2 Å². The molecule has 2 aliphatic heterocycles. The highest BCUT2D eigenvalue weighted by atomic mass is 32.7.